The van der Waals surface area contributed by atoms with Crippen molar-refractivity contribution in [3.8, 4) is 28.6 Å². The van der Waals surface area contributed by atoms with Gasteiger partial charge in [0.05, 0.1) is 12.7 Å². The Labute approximate surface area is 179 Å². The number of aryl methyl sites for hydroxylation is 1. The lowest BCUT2D eigenvalue weighted by Crippen LogP contribution is -2.29. The molecule has 8 nitrogen and oxygen atoms in total. The van der Waals surface area contributed by atoms with E-state index in [1.54, 1.807) is 36.3 Å². The lowest BCUT2D eigenvalue weighted by Gasteiger charge is -2.15. The minimum Gasteiger partial charge on any atom is -0.480 e. The number of imidazole rings is 1. The molecular formula is C23H23N3O5. The highest BCUT2D eigenvalue weighted by molar-refractivity contribution is 5.90. The van der Waals surface area contributed by atoms with Gasteiger partial charge < -0.3 is 24.1 Å². The number of nitrogens with one attached hydrogen (secondary N) is 1. The fourth-order valence-corrected chi connectivity index (χ4v) is 3.37. The van der Waals surface area contributed by atoms with Crippen molar-refractivity contribution in [1.82, 2.24) is 14.9 Å². The lowest BCUT2D eigenvalue weighted by atomic mass is 10.2. The maximum atomic E-state index is 12.2. The average Bonchev–Trinajstić information content (AvgIpc) is 3.34. The van der Waals surface area contributed by atoms with E-state index in [0.717, 1.165) is 17.1 Å². The highest BCUT2D eigenvalue weighted by Crippen LogP contribution is 2.30. The molecule has 3 aromatic rings. The van der Waals surface area contributed by atoms with Crippen LogP contribution in [-0.2, 0) is 9.53 Å². The van der Waals surface area contributed by atoms with Crippen molar-refractivity contribution >= 4 is 11.9 Å². The molecule has 1 aliphatic heterocycles. The number of ether oxygens (including phenoxy) is 3. The van der Waals surface area contributed by atoms with Gasteiger partial charge in [-0.05, 0) is 43.3 Å². The number of aromatic amines is 1. The number of carbonyl (C=O) groups excluding carboxylic acids is 2. The van der Waals surface area contributed by atoms with Gasteiger partial charge in [-0.15, -0.1) is 0 Å². The Morgan fingerprint density at radius 2 is 1.87 bits per heavy atom. The average molecular weight is 421 g/mol. The molecule has 0 bridgehead atoms. The van der Waals surface area contributed by atoms with Gasteiger partial charge in [0, 0.05) is 43.5 Å². The number of hydrogen-bond acceptors (Lipinski definition) is 6. The fourth-order valence-electron chi connectivity index (χ4n) is 3.37. The van der Waals surface area contributed by atoms with Crippen LogP contribution in [0, 0.1) is 6.92 Å². The first-order valence-electron chi connectivity index (χ1n) is 9.88. The molecule has 160 valence electrons. The molecule has 1 N–H and O–H groups in total. The summed E-state index contributed by atoms with van der Waals surface area (Å²) in [6.07, 6.45) is 1.77. The van der Waals surface area contributed by atoms with Gasteiger partial charge in [-0.1, -0.05) is 0 Å². The number of methoxy groups -OCH3 is 1. The summed E-state index contributed by atoms with van der Waals surface area (Å²) in [6, 6.07) is 12.2. The maximum absolute atomic E-state index is 12.2. The van der Waals surface area contributed by atoms with Crippen LogP contribution in [0.4, 0.5) is 0 Å². The van der Waals surface area contributed by atoms with Crippen molar-refractivity contribution in [2.24, 2.45) is 0 Å². The molecule has 1 saturated heterocycles. The Morgan fingerprint density at radius 1 is 1.13 bits per heavy atom. The first-order valence-corrected chi connectivity index (χ1v) is 9.88. The molecule has 0 saturated carbocycles. The third-order valence-corrected chi connectivity index (χ3v) is 5.02. The number of rotatable bonds is 6. The van der Waals surface area contributed by atoms with Gasteiger partial charge in [0.2, 0.25) is 0 Å². The van der Waals surface area contributed by atoms with E-state index in [4.69, 9.17) is 14.2 Å². The van der Waals surface area contributed by atoms with E-state index < -0.39 is 12.1 Å². The molecule has 8 heteroatoms. The van der Waals surface area contributed by atoms with Gasteiger partial charge in [0.15, 0.2) is 6.10 Å². The zero-order valence-corrected chi connectivity index (χ0v) is 17.5. The van der Waals surface area contributed by atoms with Gasteiger partial charge >= 0.3 is 5.97 Å². The van der Waals surface area contributed by atoms with Crippen molar-refractivity contribution in [3.05, 3.63) is 59.9 Å². The summed E-state index contributed by atoms with van der Waals surface area (Å²) in [7, 11) is 3.04. The number of H-pyrrole nitrogens is 1. The molecule has 0 radical (unpaired) electrons. The van der Waals surface area contributed by atoms with Crippen molar-refractivity contribution in [2.45, 2.75) is 19.4 Å². The van der Waals surface area contributed by atoms with E-state index in [-0.39, 0.29) is 11.5 Å². The Morgan fingerprint density at radius 3 is 2.48 bits per heavy atom. The lowest BCUT2D eigenvalue weighted by molar-refractivity contribution is -0.132. The van der Waals surface area contributed by atoms with Gasteiger partial charge in [0.1, 0.15) is 23.1 Å². The second kappa shape index (κ2) is 8.51. The molecule has 2 heterocycles. The third kappa shape index (κ3) is 4.53. The number of likely N-dealkylation sites (N-methyl/N-ethyl adjacent to an activating group) is 1. The SMILES string of the molecule is COC(=O)c1cc(Oc2ccc(-c3ncc(C)[nH]3)cc2)cc(O[C@@H]2CCN(C)C2=O)c1. The molecular weight excluding hydrogens is 398 g/mol. The number of esters is 1. The zero-order chi connectivity index (χ0) is 22.0. The summed E-state index contributed by atoms with van der Waals surface area (Å²) in [4.78, 5) is 33.4. The van der Waals surface area contributed by atoms with E-state index in [2.05, 4.69) is 9.97 Å². The third-order valence-electron chi connectivity index (χ3n) is 5.02. The zero-order valence-electron chi connectivity index (χ0n) is 17.5. The van der Waals surface area contributed by atoms with E-state index in [1.165, 1.54) is 7.11 Å². The van der Waals surface area contributed by atoms with Crippen molar-refractivity contribution in [1.29, 1.82) is 0 Å². The predicted molar refractivity (Wildman–Crippen MR) is 113 cm³/mol. The van der Waals surface area contributed by atoms with Crippen LogP contribution in [0.25, 0.3) is 11.4 Å². The Balaban J connectivity index is 1.56. The predicted octanol–water partition coefficient (Wildman–Crippen LogP) is 3.57. The Kier molecular flexibility index (Phi) is 5.62. The van der Waals surface area contributed by atoms with Gasteiger partial charge in [0.25, 0.3) is 5.91 Å². The number of likely N-dealkylation sites (tertiary alicyclic amines) is 1. The Bertz CT molecular complexity index is 1110. The highest BCUT2D eigenvalue weighted by Gasteiger charge is 2.31. The molecule has 1 fully saturated rings. The second-order valence-electron chi connectivity index (χ2n) is 7.38. The second-order valence-corrected chi connectivity index (χ2v) is 7.38. The molecule has 0 unspecified atom stereocenters. The van der Waals surface area contributed by atoms with Crippen LogP contribution in [0.1, 0.15) is 22.5 Å². The maximum Gasteiger partial charge on any atom is 0.338 e. The topological polar surface area (TPSA) is 93.8 Å². The van der Waals surface area contributed by atoms with Crippen LogP contribution < -0.4 is 9.47 Å². The van der Waals surface area contributed by atoms with E-state index in [1.807, 2.05) is 31.2 Å². The van der Waals surface area contributed by atoms with Crippen LogP contribution >= 0.6 is 0 Å². The Hall–Kier alpha value is -3.81. The standard InChI is InChI=1S/C23H23N3O5/c1-14-13-24-21(25-14)15-4-6-17(7-5-15)30-18-10-16(23(28)29-3)11-19(12-18)31-20-8-9-26(2)22(20)27/h4-7,10-13,20H,8-9H2,1-3H3,(H,24,25)/t20-/m1/s1. The molecule has 0 spiro atoms. The first kappa shape index (κ1) is 20.5. The summed E-state index contributed by atoms with van der Waals surface area (Å²) in [5.74, 6) is 1.52. The molecule has 2 aromatic carbocycles. The number of aromatic nitrogens is 2. The number of hydrogen-bond donors (Lipinski definition) is 1. The summed E-state index contributed by atoms with van der Waals surface area (Å²) in [5.41, 5.74) is 2.18. The summed E-state index contributed by atoms with van der Waals surface area (Å²) >= 11 is 0. The minimum atomic E-state index is -0.582. The van der Waals surface area contributed by atoms with Crippen molar-refractivity contribution in [3.63, 3.8) is 0 Å². The largest absolute Gasteiger partial charge is 0.480 e. The number of nitrogens with zero attached hydrogens (tertiary/aromatic N) is 2. The number of carbonyl (C=O) groups is 2. The van der Waals surface area contributed by atoms with Gasteiger partial charge in [-0.2, -0.15) is 0 Å². The van der Waals surface area contributed by atoms with Crippen LogP contribution in [0.3, 0.4) is 0 Å². The molecule has 31 heavy (non-hydrogen) atoms. The number of benzene rings is 2. The van der Waals surface area contributed by atoms with Crippen LogP contribution in [-0.4, -0.2) is 53.6 Å². The summed E-state index contributed by atoms with van der Waals surface area (Å²) < 4.78 is 16.6. The van der Waals surface area contributed by atoms with E-state index in [9.17, 15) is 9.59 Å². The molecule has 1 aliphatic rings. The van der Waals surface area contributed by atoms with E-state index in [0.29, 0.717) is 30.2 Å². The summed E-state index contributed by atoms with van der Waals surface area (Å²) in [5, 5.41) is 0. The van der Waals surface area contributed by atoms with E-state index >= 15 is 0 Å². The molecule has 1 amide bonds. The molecule has 1 aromatic heterocycles. The first-order chi connectivity index (χ1) is 14.9. The molecule has 4 rings (SSSR count). The van der Waals surface area contributed by atoms with Crippen LogP contribution in [0.2, 0.25) is 0 Å². The normalized spacial score (nSPS) is 15.8. The minimum absolute atomic E-state index is 0.0882. The molecule has 0 aliphatic carbocycles. The quantitative estimate of drug-likeness (QED) is 0.612. The van der Waals surface area contributed by atoms with Crippen molar-refractivity contribution in [2.75, 3.05) is 20.7 Å². The smallest absolute Gasteiger partial charge is 0.338 e. The fraction of sp³-hybridized carbons (Fsp3) is 0.261. The number of amides is 1. The summed E-state index contributed by atoms with van der Waals surface area (Å²) in [6.45, 7) is 2.57. The van der Waals surface area contributed by atoms with Crippen LogP contribution in [0.15, 0.2) is 48.7 Å². The monoisotopic (exact) mass is 421 g/mol. The molecule has 1 atom stereocenters. The van der Waals surface area contributed by atoms with Gasteiger partial charge in [-0.3, -0.25) is 4.79 Å². The van der Waals surface area contributed by atoms with Gasteiger partial charge in [-0.25, -0.2) is 9.78 Å². The highest BCUT2D eigenvalue weighted by atomic mass is 16.5. The van der Waals surface area contributed by atoms with Crippen molar-refractivity contribution < 1.29 is 23.8 Å². The van der Waals surface area contributed by atoms with Crippen LogP contribution in [0.5, 0.6) is 17.2 Å².